The van der Waals surface area contributed by atoms with Crippen molar-refractivity contribution in [3.05, 3.63) is 12.8 Å². The molecule has 0 rings (SSSR count). The van der Waals surface area contributed by atoms with Crippen molar-refractivity contribution >= 4 is 12.2 Å². The predicted molar refractivity (Wildman–Crippen MR) is 68.6 cm³/mol. The molecule has 0 heterocycles. The Bertz CT molecular complexity index is 219. The highest BCUT2D eigenvalue weighted by Gasteiger charge is 2.07. The molecule has 15 heavy (non-hydrogen) atoms. The van der Waals surface area contributed by atoms with Crippen molar-refractivity contribution in [3.8, 4) is 0 Å². The average molecular weight is 209 g/mol. The van der Waals surface area contributed by atoms with E-state index in [2.05, 4.69) is 35.3 Å². The van der Waals surface area contributed by atoms with Gasteiger partial charge in [-0.05, 0) is 19.8 Å². The lowest BCUT2D eigenvalue weighted by Crippen LogP contribution is -2.31. The smallest absolute Gasteiger partial charge is 0.224 e. The lowest BCUT2D eigenvalue weighted by molar-refractivity contribution is 0.403. The molecule has 86 valence electrons. The summed E-state index contributed by atoms with van der Waals surface area (Å²) in [7, 11) is 0. The van der Waals surface area contributed by atoms with Gasteiger partial charge in [-0.15, -0.1) is 0 Å². The molecule has 0 amide bonds. The van der Waals surface area contributed by atoms with E-state index in [1.807, 2.05) is 6.92 Å². The molecule has 0 aliphatic rings. The van der Waals surface area contributed by atoms with Gasteiger partial charge in [-0.3, -0.25) is 0 Å². The van der Waals surface area contributed by atoms with Crippen molar-refractivity contribution in [2.24, 2.45) is 9.98 Å². The Balaban J connectivity index is 4.51. The second kappa shape index (κ2) is 9.44. The van der Waals surface area contributed by atoms with Crippen LogP contribution in [-0.4, -0.2) is 30.2 Å². The highest BCUT2D eigenvalue weighted by Crippen LogP contribution is 2.00. The van der Waals surface area contributed by atoms with E-state index in [4.69, 9.17) is 0 Å². The fourth-order valence-electron chi connectivity index (χ4n) is 1.32. The van der Waals surface area contributed by atoms with Gasteiger partial charge in [0.2, 0.25) is 5.96 Å². The van der Waals surface area contributed by atoms with Crippen LogP contribution in [0.25, 0.3) is 0 Å². The molecule has 0 aromatic rings. The van der Waals surface area contributed by atoms with Crippen molar-refractivity contribution in [2.45, 2.75) is 40.0 Å². The molecule has 0 saturated heterocycles. The lowest BCUT2D eigenvalue weighted by Gasteiger charge is -2.22. The van der Waals surface area contributed by atoms with Gasteiger partial charge in [0.1, 0.15) is 0 Å². The van der Waals surface area contributed by atoms with Gasteiger partial charge in [0, 0.05) is 25.5 Å². The number of rotatable bonds is 6. The van der Waals surface area contributed by atoms with Gasteiger partial charge in [0.15, 0.2) is 0 Å². The maximum absolute atomic E-state index is 4.27. The molecule has 0 aliphatic heterocycles. The van der Waals surface area contributed by atoms with Crippen LogP contribution < -0.4 is 0 Å². The first-order chi connectivity index (χ1) is 7.29. The highest BCUT2D eigenvalue weighted by molar-refractivity contribution is 5.87. The quantitative estimate of drug-likeness (QED) is 0.488. The van der Waals surface area contributed by atoms with Crippen molar-refractivity contribution in [1.29, 1.82) is 0 Å². The van der Waals surface area contributed by atoms with E-state index in [-0.39, 0.29) is 0 Å². The van der Waals surface area contributed by atoms with E-state index in [1.54, 1.807) is 12.4 Å². The fraction of sp³-hybridized carbons (Fsp3) is 0.667. The molecule has 3 heteroatoms. The molecule has 0 aliphatic carbocycles. The second-order valence-electron chi connectivity index (χ2n) is 3.34. The van der Waals surface area contributed by atoms with E-state index < -0.39 is 0 Å². The molecule has 0 atom stereocenters. The summed E-state index contributed by atoms with van der Waals surface area (Å²) in [4.78, 5) is 10.7. The van der Waals surface area contributed by atoms with E-state index in [0.29, 0.717) is 0 Å². The van der Waals surface area contributed by atoms with Crippen LogP contribution in [0.1, 0.15) is 40.0 Å². The zero-order valence-corrected chi connectivity index (χ0v) is 10.2. The first kappa shape index (κ1) is 13.9. The number of unbranched alkanes of at least 4 members (excludes halogenated alkanes) is 1. The topological polar surface area (TPSA) is 28.0 Å². The summed E-state index contributed by atoms with van der Waals surface area (Å²) in [6, 6.07) is 0. The fourth-order valence-corrected chi connectivity index (χ4v) is 1.32. The SMILES string of the molecule is C=CN=C(N=CC)N(CCC)CCCC. The van der Waals surface area contributed by atoms with E-state index >= 15 is 0 Å². The van der Waals surface area contributed by atoms with E-state index in [1.165, 1.54) is 12.8 Å². The minimum Gasteiger partial charge on any atom is -0.341 e. The van der Waals surface area contributed by atoms with Crippen LogP contribution in [0.5, 0.6) is 0 Å². The normalized spacial score (nSPS) is 12.1. The Morgan fingerprint density at radius 1 is 1.27 bits per heavy atom. The van der Waals surface area contributed by atoms with Crippen LogP contribution >= 0.6 is 0 Å². The monoisotopic (exact) mass is 209 g/mol. The molecule has 0 aromatic carbocycles. The van der Waals surface area contributed by atoms with E-state index in [9.17, 15) is 0 Å². The maximum atomic E-state index is 4.27. The Labute approximate surface area is 93.6 Å². The number of hydrogen-bond donors (Lipinski definition) is 0. The van der Waals surface area contributed by atoms with Gasteiger partial charge in [0.05, 0.1) is 0 Å². The van der Waals surface area contributed by atoms with Gasteiger partial charge < -0.3 is 4.90 Å². The second-order valence-corrected chi connectivity index (χ2v) is 3.34. The number of aliphatic imine (C=N–C) groups is 2. The molecule has 0 bridgehead atoms. The summed E-state index contributed by atoms with van der Waals surface area (Å²) in [5.74, 6) is 0.780. The maximum Gasteiger partial charge on any atom is 0.224 e. The minimum atomic E-state index is 0.780. The Kier molecular flexibility index (Phi) is 8.73. The number of nitrogens with zero attached hydrogens (tertiary/aromatic N) is 3. The Morgan fingerprint density at radius 3 is 2.47 bits per heavy atom. The summed E-state index contributed by atoms with van der Waals surface area (Å²) in [6.45, 7) is 11.9. The average Bonchev–Trinajstić information content (AvgIpc) is 2.24. The van der Waals surface area contributed by atoms with Crippen molar-refractivity contribution < 1.29 is 0 Å². The highest BCUT2D eigenvalue weighted by atomic mass is 15.3. The summed E-state index contributed by atoms with van der Waals surface area (Å²) < 4.78 is 0. The zero-order valence-electron chi connectivity index (χ0n) is 10.2. The summed E-state index contributed by atoms with van der Waals surface area (Å²) in [6.07, 6.45) is 6.81. The molecular weight excluding hydrogens is 186 g/mol. The Morgan fingerprint density at radius 2 is 2.00 bits per heavy atom. The molecule has 0 aromatic heterocycles. The predicted octanol–water partition coefficient (Wildman–Crippen LogP) is 3.09. The number of hydrogen-bond acceptors (Lipinski definition) is 1. The van der Waals surface area contributed by atoms with Gasteiger partial charge in [-0.2, -0.15) is 0 Å². The minimum absolute atomic E-state index is 0.780. The summed E-state index contributed by atoms with van der Waals surface area (Å²) >= 11 is 0. The Hall–Kier alpha value is -1.12. The molecule has 0 spiro atoms. The van der Waals surface area contributed by atoms with E-state index in [0.717, 1.165) is 25.5 Å². The lowest BCUT2D eigenvalue weighted by atomic mass is 10.3. The van der Waals surface area contributed by atoms with Gasteiger partial charge >= 0.3 is 0 Å². The third-order valence-electron chi connectivity index (χ3n) is 2.01. The zero-order chi connectivity index (χ0) is 11.5. The first-order valence-corrected chi connectivity index (χ1v) is 5.72. The summed E-state index contributed by atoms with van der Waals surface area (Å²) in [5, 5.41) is 0. The first-order valence-electron chi connectivity index (χ1n) is 5.72. The van der Waals surface area contributed by atoms with Crippen LogP contribution in [0.15, 0.2) is 22.8 Å². The third-order valence-corrected chi connectivity index (χ3v) is 2.01. The molecular formula is C12H23N3. The molecule has 3 nitrogen and oxygen atoms in total. The van der Waals surface area contributed by atoms with Crippen LogP contribution in [0.3, 0.4) is 0 Å². The molecule has 0 saturated carbocycles. The molecule has 0 radical (unpaired) electrons. The molecule has 0 unspecified atom stereocenters. The van der Waals surface area contributed by atoms with Crippen LogP contribution in [-0.2, 0) is 0 Å². The largest absolute Gasteiger partial charge is 0.341 e. The van der Waals surface area contributed by atoms with Crippen LogP contribution in [0.4, 0.5) is 0 Å². The third kappa shape index (κ3) is 6.05. The van der Waals surface area contributed by atoms with Crippen molar-refractivity contribution in [1.82, 2.24) is 4.90 Å². The van der Waals surface area contributed by atoms with Gasteiger partial charge in [-0.1, -0.05) is 26.8 Å². The van der Waals surface area contributed by atoms with Gasteiger partial charge in [0.25, 0.3) is 0 Å². The molecule has 0 fully saturated rings. The standard InChI is InChI=1S/C12H23N3/c1-5-9-11-15(10-6-2)12(13-7-3)14-8-4/h7-8H,3,5-6,9-11H2,1-2,4H3. The van der Waals surface area contributed by atoms with Crippen molar-refractivity contribution in [2.75, 3.05) is 13.1 Å². The summed E-state index contributed by atoms with van der Waals surface area (Å²) in [5.41, 5.74) is 0. The van der Waals surface area contributed by atoms with Gasteiger partial charge in [-0.25, -0.2) is 9.98 Å². The molecule has 0 N–H and O–H groups in total. The van der Waals surface area contributed by atoms with Crippen LogP contribution in [0.2, 0.25) is 0 Å². The van der Waals surface area contributed by atoms with Crippen molar-refractivity contribution in [3.63, 3.8) is 0 Å². The van der Waals surface area contributed by atoms with Crippen LogP contribution in [0, 0.1) is 0 Å². The number of guanidine groups is 1.